The van der Waals surface area contributed by atoms with Gasteiger partial charge in [0.05, 0.1) is 10.7 Å². The summed E-state index contributed by atoms with van der Waals surface area (Å²) in [4.78, 5) is 15.9. The van der Waals surface area contributed by atoms with E-state index >= 15 is 0 Å². The highest BCUT2D eigenvalue weighted by Gasteiger charge is 2.31. The molecule has 0 saturated heterocycles. The Hall–Kier alpha value is -0.940. The molecular weight excluding hydrogens is 176 g/mol. The van der Waals surface area contributed by atoms with Gasteiger partial charge in [0.15, 0.2) is 0 Å². The van der Waals surface area contributed by atoms with Crippen molar-refractivity contribution in [3.05, 3.63) is 15.6 Å². The normalized spacial score (nSPS) is 20.9. The van der Waals surface area contributed by atoms with Crippen LogP contribution in [0.5, 0.6) is 0 Å². The number of rotatable bonds is 1. The van der Waals surface area contributed by atoms with Gasteiger partial charge in [-0.2, -0.15) is 0 Å². The lowest BCUT2D eigenvalue weighted by Gasteiger charge is -2.01. The molecule has 5 heteroatoms. The van der Waals surface area contributed by atoms with Crippen LogP contribution in [0.25, 0.3) is 0 Å². The van der Waals surface area contributed by atoms with Crippen LogP contribution in [-0.4, -0.2) is 16.1 Å². The highest BCUT2D eigenvalue weighted by molar-refractivity contribution is 7.11. The number of carboxylic acid groups (broad SMARTS) is 1. The van der Waals surface area contributed by atoms with Crippen molar-refractivity contribution in [2.24, 2.45) is 0 Å². The van der Waals surface area contributed by atoms with Crippen LogP contribution in [0.3, 0.4) is 0 Å². The van der Waals surface area contributed by atoms with Gasteiger partial charge in [0.2, 0.25) is 0 Å². The summed E-state index contributed by atoms with van der Waals surface area (Å²) in [5.41, 5.74) is 0.699. The summed E-state index contributed by atoms with van der Waals surface area (Å²) in [5.74, 6) is -0.848. The number of hydrogen-bond donors (Lipinski definition) is 2. The topological polar surface area (TPSA) is 62.2 Å². The maximum Gasteiger partial charge on any atom is 0.327 e. The molecule has 2 rings (SSSR count). The zero-order valence-electron chi connectivity index (χ0n) is 6.50. The van der Waals surface area contributed by atoms with Gasteiger partial charge in [-0.25, -0.2) is 4.98 Å². The minimum atomic E-state index is -0.848. The molecule has 0 bridgehead atoms. The summed E-state index contributed by atoms with van der Waals surface area (Å²) in [6.07, 6.45) is 0. The van der Waals surface area contributed by atoms with Gasteiger partial charge in [-0.15, -0.1) is 11.3 Å². The third-order valence-corrected chi connectivity index (χ3v) is 2.81. The SMILES string of the molecule is Cc1nc2c(s1)CNC2C(=O)O. The van der Waals surface area contributed by atoms with Crippen LogP contribution in [0.1, 0.15) is 21.6 Å². The summed E-state index contributed by atoms with van der Waals surface area (Å²) in [6.45, 7) is 2.53. The number of carbonyl (C=O) groups is 1. The number of fused-ring (bicyclic) bond motifs is 1. The lowest BCUT2D eigenvalue weighted by atomic mass is 10.2. The average Bonchev–Trinajstić information content (AvgIpc) is 2.43. The van der Waals surface area contributed by atoms with Gasteiger partial charge in [-0.05, 0) is 6.92 Å². The minimum Gasteiger partial charge on any atom is -0.480 e. The van der Waals surface area contributed by atoms with E-state index in [-0.39, 0.29) is 0 Å². The lowest BCUT2D eigenvalue weighted by Crippen LogP contribution is -2.21. The summed E-state index contributed by atoms with van der Waals surface area (Å²) in [5, 5.41) is 12.6. The van der Waals surface area contributed by atoms with E-state index in [1.165, 1.54) is 0 Å². The van der Waals surface area contributed by atoms with Gasteiger partial charge in [-0.1, -0.05) is 0 Å². The zero-order chi connectivity index (χ0) is 8.72. The molecule has 64 valence electrons. The number of aromatic nitrogens is 1. The summed E-state index contributed by atoms with van der Waals surface area (Å²) < 4.78 is 0. The van der Waals surface area contributed by atoms with Crippen LogP contribution < -0.4 is 5.32 Å². The molecule has 1 atom stereocenters. The van der Waals surface area contributed by atoms with Crippen LogP contribution in [0.4, 0.5) is 0 Å². The quantitative estimate of drug-likeness (QED) is 0.673. The Kier molecular flexibility index (Phi) is 1.62. The van der Waals surface area contributed by atoms with E-state index in [0.717, 1.165) is 9.88 Å². The van der Waals surface area contributed by atoms with Crippen LogP contribution in [-0.2, 0) is 11.3 Å². The fourth-order valence-electron chi connectivity index (χ4n) is 1.33. The van der Waals surface area contributed by atoms with Crippen LogP contribution in [0, 0.1) is 6.92 Å². The first-order valence-electron chi connectivity index (χ1n) is 3.61. The molecule has 1 aliphatic heterocycles. The van der Waals surface area contributed by atoms with E-state index in [2.05, 4.69) is 10.3 Å². The summed E-state index contributed by atoms with van der Waals surface area (Å²) in [6, 6.07) is -0.593. The van der Waals surface area contributed by atoms with Crippen LogP contribution in [0.15, 0.2) is 0 Å². The standard InChI is InChI=1S/C7H8N2O2S/c1-3-9-5-4(12-3)2-8-6(5)7(10)11/h6,8H,2H2,1H3,(H,10,11). The van der Waals surface area contributed by atoms with Gasteiger partial charge in [-0.3, -0.25) is 10.1 Å². The fourth-order valence-corrected chi connectivity index (χ4v) is 2.26. The van der Waals surface area contributed by atoms with E-state index in [0.29, 0.717) is 12.2 Å². The van der Waals surface area contributed by atoms with Crippen LogP contribution >= 0.6 is 11.3 Å². The van der Waals surface area contributed by atoms with Crippen molar-refractivity contribution < 1.29 is 9.90 Å². The molecule has 0 fully saturated rings. The number of aryl methyl sites for hydroxylation is 1. The fraction of sp³-hybridized carbons (Fsp3) is 0.429. The largest absolute Gasteiger partial charge is 0.480 e. The Balaban J connectivity index is 2.41. The molecule has 1 unspecified atom stereocenters. The maximum absolute atomic E-state index is 10.7. The molecule has 12 heavy (non-hydrogen) atoms. The third kappa shape index (κ3) is 1.02. The van der Waals surface area contributed by atoms with Crippen LogP contribution in [0.2, 0.25) is 0 Å². The summed E-state index contributed by atoms with van der Waals surface area (Å²) >= 11 is 1.56. The Morgan fingerprint density at radius 2 is 2.58 bits per heavy atom. The number of nitrogens with zero attached hydrogens (tertiary/aromatic N) is 1. The van der Waals surface area contributed by atoms with Gasteiger partial charge in [0.25, 0.3) is 0 Å². The molecule has 1 aliphatic rings. The van der Waals surface area contributed by atoms with Crippen molar-refractivity contribution in [1.82, 2.24) is 10.3 Å². The molecule has 0 spiro atoms. The smallest absolute Gasteiger partial charge is 0.327 e. The van der Waals surface area contributed by atoms with E-state index in [1.54, 1.807) is 11.3 Å². The molecule has 0 amide bonds. The first-order chi connectivity index (χ1) is 5.68. The van der Waals surface area contributed by atoms with E-state index in [4.69, 9.17) is 5.11 Å². The number of hydrogen-bond acceptors (Lipinski definition) is 4. The van der Waals surface area contributed by atoms with Gasteiger partial charge in [0.1, 0.15) is 6.04 Å². The monoisotopic (exact) mass is 184 g/mol. The van der Waals surface area contributed by atoms with Crippen molar-refractivity contribution in [2.45, 2.75) is 19.5 Å². The second-order valence-electron chi connectivity index (χ2n) is 2.69. The molecule has 0 saturated carbocycles. The predicted molar refractivity (Wildman–Crippen MR) is 44.1 cm³/mol. The van der Waals surface area contributed by atoms with E-state index in [9.17, 15) is 4.79 Å². The number of aliphatic carboxylic acids is 1. The highest BCUT2D eigenvalue weighted by atomic mass is 32.1. The van der Waals surface area contributed by atoms with Gasteiger partial charge in [0, 0.05) is 11.4 Å². The number of thiazole rings is 1. The molecular formula is C7H8N2O2S. The van der Waals surface area contributed by atoms with Gasteiger partial charge < -0.3 is 5.11 Å². The van der Waals surface area contributed by atoms with Crippen molar-refractivity contribution in [3.8, 4) is 0 Å². The number of carboxylic acids is 1. The van der Waals surface area contributed by atoms with E-state index in [1.807, 2.05) is 6.92 Å². The Labute approximate surface area is 73.3 Å². The highest BCUT2D eigenvalue weighted by Crippen LogP contribution is 2.29. The third-order valence-electron chi connectivity index (χ3n) is 1.82. The second kappa shape index (κ2) is 2.53. The molecule has 0 radical (unpaired) electrons. The van der Waals surface area contributed by atoms with Crippen molar-refractivity contribution in [2.75, 3.05) is 0 Å². The molecule has 1 aromatic heterocycles. The predicted octanol–water partition coefficient (Wildman–Crippen LogP) is 0.680. The molecule has 4 nitrogen and oxygen atoms in total. The lowest BCUT2D eigenvalue weighted by molar-refractivity contribution is -0.139. The van der Waals surface area contributed by atoms with Crippen molar-refractivity contribution in [3.63, 3.8) is 0 Å². The average molecular weight is 184 g/mol. The molecule has 2 heterocycles. The second-order valence-corrected chi connectivity index (χ2v) is 3.98. The molecule has 2 N–H and O–H groups in total. The van der Waals surface area contributed by atoms with Gasteiger partial charge >= 0.3 is 5.97 Å². The maximum atomic E-state index is 10.7. The van der Waals surface area contributed by atoms with Crippen molar-refractivity contribution >= 4 is 17.3 Å². The van der Waals surface area contributed by atoms with E-state index < -0.39 is 12.0 Å². The zero-order valence-corrected chi connectivity index (χ0v) is 7.31. The Morgan fingerprint density at radius 1 is 1.83 bits per heavy atom. The minimum absolute atomic E-state index is 0.593. The molecule has 0 aliphatic carbocycles. The summed E-state index contributed by atoms with van der Waals surface area (Å²) in [7, 11) is 0. The number of nitrogens with one attached hydrogen (secondary N) is 1. The molecule has 1 aromatic rings. The Bertz CT molecular complexity index is 334. The first-order valence-corrected chi connectivity index (χ1v) is 4.42. The first kappa shape index (κ1) is 7.70. The Morgan fingerprint density at radius 3 is 3.25 bits per heavy atom. The van der Waals surface area contributed by atoms with Crippen molar-refractivity contribution in [1.29, 1.82) is 0 Å². The molecule has 0 aromatic carbocycles.